The third kappa shape index (κ3) is 5.23. The van der Waals surface area contributed by atoms with Gasteiger partial charge in [-0.2, -0.15) is 0 Å². The van der Waals surface area contributed by atoms with Crippen molar-refractivity contribution in [1.82, 2.24) is 4.57 Å². The maximum Gasteiger partial charge on any atom is 0.418 e. The number of nitrogens with zero attached hydrogens (tertiary/aromatic N) is 2. The molecule has 0 fully saturated rings. The van der Waals surface area contributed by atoms with E-state index >= 15 is 0 Å². The zero-order chi connectivity index (χ0) is 20.8. The molecule has 1 heterocycles. The number of rotatable bonds is 4. The van der Waals surface area contributed by atoms with Crippen LogP contribution in [0.15, 0.2) is 46.1 Å². The Morgan fingerprint density at radius 1 is 1.22 bits per heavy atom. The fourth-order valence-electron chi connectivity index (χ4n) is 2.21. The van der Waals surface area contributed by atoms with Crippen LogP contribution in [0, 0.1) is 17.0 Å². The Morgan fingerprint density at radius 2 is 1.74 bits per heavy atom. The van der Waals surface area contributed by atoms with Gasteiger partial charge in [0.15, 0.2) is 14.7 Å². The van der Waals surface area contributed by atoms with Crippen molar-refractivity contribution in [1.29, 1.82) is 0 Å². The molecular weight excluding hydrogens is 376 g/mol. The van der Waals surface area contributed by atoms with Gasteiger partial charge in [0.05, 0.1) is 10.7 Å². The highest BCUT2D eigenvalue weighted by atomic mass is 32.2. The first-order valence-electron chi connectivity index (χ1n) is 7.97. The second-order valence-corrected chi connectivity index (χ2v) is 7.59. The molecule has 0 aliphatic carbocycles. The van der Waals surface area contributed by atoms with E-state index < -0.39 is 42.7 Å². The van der Waals surface area contributed by atoms with Gasteiger partial charge in [0.1, 0.15) is 0 Å². The van der Waals surface area contributed by atoms with Crippen LogP contribution in [0.4, 0.5) is 10.5 Å². The Morgan fingerprint density at radius 3 is 2.19 bits per heavy atom. The summed E-state index contributed by atoms with van der Waals surface area (Å²) < 4.78 is 25.2. The lowest BCUT2D eigenvalue weighted by atomic mass is 10.2. The highest BCUT2D eigenvalue weighted by Crippen LogP contribution is 2.24. The fourth-order valence-corrected chi connectivity index (χ4v) is 3.80. The maximum atomic E-state index is 12.5. The zero-order valence-electron chi connectivity index (χ0n) is 15.1. The van der Waals surface area contributed by atoms with E-state index in [1.807, 2.05) is 0 Å². The van der Waals surface area contributed by atoms with Crippen molar-refractivity contribution in [2.45, 2.75) is 37.8 Å². The van der Waals surface area contributed by atoms with Crippen molar-refractivity contribution >= 4 is 21.6 Å². The third-order valence-corrected chi connectivity index (χ3v) is 4.93. The molecule has 0 atom stereocenters. The summed E-state index contributed by atoms with van der Waals surface area (Å²) >= 11 is 0. The van der Waals surface area contributed by atoms with Crippen molar-refractivity contribution in [3.8, 4) is 0 Å². The molecule has 0 aliphatic heterocycles. The molecule has 0 unspecified atom stereocenters. The van der Waals surface area contributed by atoms with E-state index in [1.165, 1.54) is 25.5 Å². The van der Waals surface area contributed by atoms with E-state index in [9.17, 15) is 28.1 Å². The van der Waals surface area contributed by atoms with Gasteiger partial charge in [0, 0.05) is 5.69 Å². The molecule has 1 aromatic carbocycles. The molecule has 9 nitrogen and oxygen atoms in total. The van der Waals surface area contributed by atoms with Crippen molar-refractivity contribution < 1.29 is 23.2 Å². The molecule has 0 spiro atoms. The van der Waals surface area contributed by atoms with E-state index in [0.717, 1.165) is 6.07 Å². The van der Waals surface area contributed by atoms with Gasteiger partial charge >= 0.3 is 17.3 Å². The number of aryl methyl sites for hydroxylation is 1. The van der Waals surface area contributed by atoms with Crippen molar-refractivity contribution in [2.24, 2.45) is 0 Å². The molecule has 0 saturated carbocycles. The van der Waals surface area contributed by atoms with Crippen LogP contribution in [0.2, 0.25) is 0 Å². The van der Waals surface area contributed by atoms with Crippen molar-refractivity contribution in [3.05, 3.63) is 68.1 Å². The SMILES string of the molecule is CCC.Cc1cc(S(=O)(=O)Cc2ccccc2)c([N+](=O)[O-])c(=O)n1C(=O)O. The Balaban J connectivity index is 0.00000114. The summed E-state index contributed by atoms with van der Waals surface area (Å²) in [6, 6.07) is 8.76. The third-order valence-electron chi connectivity index (χ3n) is 3.24. The van der Waals surface area contributed by atoms with E-state index in [4.69, 9.17) is 5.11 Å². The largest absolute Gasteiger partial charge is 0.464 e. The van der Waals surface area contributed by atoms with Gasteiger partial charge in [-0.15, -0.1) is 0 Å². The summed E-state index contributed by atoms with van der Waals surface area (Å²) in [7, 11) is -4.22. The van der Waals surface area contributed by atoms with Gasteiger partial charge in [-0.05, 0) is 18.6 Å². The second-order valence-electron chi connectivity index (χ2n) is 5.63. The number of benzene rings is 1. The van der Waals surface area contributed by atoms with Gasteiger partial charge in [0.2, 0.25) is 0 Å². The van der Waals surface area contributed by atoms with Crippen molar-refractivity contribution in [2.75, 3.05) is 0 Å². The molecule has 0 saturated heterocycles. The summed E-state index contributed by atoms with van der Waals surface area (Å²) in [5, 5.41) is 20.1. The molecule has 1 N–H and O–H groups in total. The predicted molar refractivity (Wildman–Crippen MR) is 98.8 cm³/mol. The van der Waals surface area contributed by atoms with Gasteiger partial charge in [-0.25, -0.2) is 17.8 Å². The van der Waals surface area contributed by atoms with Crippen molar-refractivity contribution in [3.63, 3.8) is 0 Å². The molecule has 2 rings (SSSR count). The Labute approximate surface area is 156 Å². The Kier molecular flexibility index (Phi) is 7.41. The number of carbonyl (C=O) groups is 1. The molecule has 2 aromatic rings. The predicted octanol–water partition coefficient (Wildman–Crippen LogP) is 2.98. The number of carboxylic acid groups (broad SMARTS) is 1. The number of hydrogen-bond donors (Lipinski definition) is 1. The first kappa shape index (κ1) is 22.0. The lowest BCUT2D eigenvalue weighted by molar-refractivity contribution is -0.389. The first-order valence-corrected chi connectivity index (χ1v) is 9.63. The quantitative estimate of drug-likeness (QED) is 0.619. The maximum absolute atomic E-state index is 12.5. The first-order chi connectivity index (χ1) is 12.6. The minimum Gasteiger partial charge on any atom is -0.464 e. The summed E-state index contributed by atoms with van der Waals surface area (Å²) in [5.41, 5.74) is -2.63. The fraction of sp³-hybridized carbons (Fsp3) is 0.294. The van der Waals surface area contributed by atoms with Crippen LogP contribution < -0.4 is 5.56 Å². The molecule has 0 aliphatic rings. The minimum atomic E-state index is -4.22. The molecule has 10 heteroatoms. The Bertz CT molecular complexity index is 996. The summed E-state index contributed by atoms with van der Waals surface area (Å²) in [6.45, 7) is 5.43. The number of sulfone groups is 1. The molecule has 0 radical (unpaired) electrons. The monoisotopic (exact) mass is 396 g/mol. The average molecular weight is 396 g/mol. The topological polar surface area (TPSA) is 137 Å². The zero-order valence-corrected chi connectivity index (χ0v) is 15.9. The summed E-state index contributed by atoms with van der Waals surface area (Å²) in [6.07, 6.45) is -0.479. The van der Waals surface area contributed by atoms with Gasteiger partial charge in [-0.1, -0.05) is 50.6 Å². The summed E-state index contributed by atoms with van der Waals surface area (Å²) in [5.74, 6) is -0.551. The highest BCUT2D eigenvalue weighted by molar-refractivity contribution is 7.90. The standard InChI is InChI=1S/C14H12N2O7S.C3H8/c1-9-7-11(12(16(20)21)13(17)15(9)14(18)19)24(22,23)8-10-5-3-2-4-6-10;1-3-2/h2-7H,8H2,1H3,(H,18,19);3H2,1-2H3. The molecule has 27 heavy (non-hydrogen) atoms. The van der Waals surface area contributed by atoms with Crippen LogP contribution in [0.3, 0.4) is 0 Å². The molecule has 146 valence electrons. The minimum absolute atomic E-state index is 0.139. The number of hydrogen-bond acceptors (Lipinski definition) is 6. The normalized spacial score (nSPS) is 10.6. The van der Waals surface area contributed by atoms with Crippen LogP contribution in [0.25, 0.3) is 0 Å². The van der Waals surface area contributed by atoms with Crippen LogP contribution in [-0.2, 0) is 15.6 Å². The number of aromatic nitrogens is 1. The van der Waals surface area contributed by atoms with Crippen LogP contribution in [0.1, 0.15) is 31.5 Å². The molecule has 0 bridgehead atoms. The molecule has 0 amide bonds. The van der Waals surface area contributed by atoms with E-state index in [2.05, 4.69) is 13.8 Å². The Hall–Kier alpha value is -3.01. The van der Waals surface area contributed by atoms with Crippen LogP contribution in [-0.4, -0.2) is 29.1 Å². The second kappa shape index (κ2) is 9.08. The smallest absolute Gasteiger partial charge is 0.418 e. The van der Waals surface area contributed by atoms with E-state index in [-0.39, 0.29) is 10.3 Å². The van der Waals surface area contributed by atoms with Crippen LogP contribution in [0.5, 0.6) is 0 Å². The summed E-state index contributed by atoms with van der Waals surface area (Å²) in [4.78, 5) is 32.3. The van der Waals surface area contributed by atoms with E-state index in [1.54, 1.807) is 18.2 Å². The molecule has 1 aromatic heterocycles. The average Bonchev–Trinajstić information content (AvgIpc) is 2.54. The highest BCUT2D eigenvalue weighted by Gasteiger charge is 2.33. The lowest BCUT2D eigenvalue weighted by Crippen LogP contribution is -2.31. The number of pyridine rings is 1. The van der Waals surface area contributed by atoms with Gasteiger partial charge in [0.25, 0.3) is 0 Å². The number of nitro groups is 1. The van der Waals surface area contributed by atoms with Crippen LogP contribution >= 0.6 is 0 Å². The van der Waals surface area contributed by atoms with E-state index in [0.29, 0.717) is 5.56 Å². The van der Waals surface area contributed by atoms with Gasteiger partial charge in [-0.3, -0.25) is 14.9 Å². The molecular formula is C17H20N2O7S. The lowest BCUT2D eigenvalue weighted by Gasteiger charge is -2.09. The van der Waals surface area contributed by atoms with Gasteiger partial charge < -0.3 is 5.11 Å².